The number of nitrogens with zero attached hydrogens (tertiary/aromatic N) is 2. The fourth-order valence-electron chi connectivity index (χ4n) is 1.69. The monoisotopic (exact) mass is 206 g/mol. The van der Waals surface area contributed by atoms with E-state index in [1.54, 1.807) is 0 Å². The minimum absolute atomic E-state index is 0.426. The highest BCUT2D eigenvalue weighted by molar-refractivity contribution is 5.46. The van der Waals surface area contributed by atoms with Gasteiger partial charge in [0.15, 0.2) is 0 Å². The first-order valence-corrected chi connectivity index (χ1v) is 5.59. The normalized spacial score (nSPS) is 17.5. The standard InChI is InChI=1S/C12H18N2O/c1-3-12(15)11-7-6-10(8-13-11)14(2)9-4-5-9/h6-9,12,15H,3-5H2,1-2H3/t12-/m1/s1. The van der Waals surface area contributed by atoms with E-state index in [1.807, 2.05) is 25.3 Å². The minimum atomic E-state index is -0.426. The molecule has 0 radical (unpaired) electrons. The number of aliphatic hydroxyl groups is 1. The maximum Gasteiger partial charge on any atom is 0.0957 e. The van der Waals surface area contributed by atoms with Gasteiger partial charge in [-0.15, -0.1) is 0 Å². The second-order valence-electron chi connectivity index (χ2n) is 4.21. The first-order valence-electron chi connectivity index (χ1n) is 5.59. The van der Waals surface area contributed by atoms with Crippen LogP contribution < -0.4 is 4.90 Å². The molecular formula is C12H18N2O. The van der Waals surface area contributed by atoms with Gasteiger partial charge in [-0.05, 0) is 31.4 Å². The molecule has 0 aliphatic heterocycles. The molecule has 1 atom stereocenters. The van der Waals surface area contributed by atoms with Crippen molar-refractivity contribution < 1.29 is 5.11 Å². The lowest BCUT2D eigenvalue weighted by Crippen LogP contribution is -2.19. The number of rotatable bonds is 4. The van der Waals surface area contributed by atoms with Gasteiger partial charge in [0.05, 0.1) is 23.7 Å². The lowest BCUT2D eigenvalue weighted by atomic mass is 10.2. The summed E-state index contributed by atoms with van der Waals surface area (Å²) in [7, 11) is 2.10. The summed E-state index contributed by atoms with van der Waals surface area (Å²) in [5, 5.41) is 9.60. The van der Waals surface area contributed by atoms with Crippen molar-refractivity contribution in [2.75, 3.05) is 11.9 Å². The van der Waals surface area contributed by atoms with Gasteiger partial charge in [0.1, 0.15) is 0 Å². The molecule has 0 bridgehead atoms. The zero-order valence-electron chi connectivity index (χ0n) is 9.35. The maximum atomic E-state index is 9.60. The molecule has 1 heterocycles. The highest BCUT2D eigenvalue weighted by Crippen LogP contribution is 2.30. The highest BCUT2D eigenvalue weighted by atomic mass is 16.3. The van der Waals surface area contributed by atoms with Crippen molar-refractivity contribution in [1.29, 1.82) is 0 Å². The van der Waals surface area contributed by atoms with E-state index < -0.39 is 6.10 Å². The molecule has 1 aromatic heterocycles. The molecule has 82 valence electrons. The Morgan fingerprint density at radius 2 is 2.27 bits per heavy atom. The zero-order chi connectivity index (χ0) is 10.8. The van der Waals surface area contributed by atoms with E-state index in [4.69, 9.17) is 0 Å². The summed E-state index contributed by atoms with van der Waals surface area (Å²) in [5.41, 5.74) is 1.91. The van der Waals surface area contributed by atoms with Gasteiger partial charge in [-0.3, -0.25) is 4.98 Å². The molecule has 3 nitrogen and oxygen atoms in total. The fraction of sp³-hybridized carbons (Fsp3) is 0.583. The average molecular weight is 206 g/mol. The number of aromatic nitrogens is 1. The molecule has 0 amide bonds. The Bertz CT molecular complexity index is 319. The summed E-state index contributed by atoms with van der Waals surface area (Å²) in [6.07, 6.45) is 4.72. The summed E-state index contributed by atoms with van der Waals surface area (Å²) < 4.78 is 0. The summed E-state index contributed by atoms with van der Waals surface area (Å²) >= 11 is 0. The zero-order valence-corrected chi connectivity index (χ0v) is 9.35. The van der Waals surface area contributed by atoms with E-state index in [1.165, 1.54) is 12.8 Å². The second kappa shape index (κ2) is 4.19. The van der Waals surface area contributed by atoms with Gasteiger partial charge < -0.3 is 10.0 Å². The van der Waals surface area contributed by atoms with Crippen LogP contribution in [0.4, 0.5) is 5.69 Å². The number of aliphatic hydroxyl groups excluding tert-OH is 1. The molecule has 15 heavy (non-hydrogen) atoms. The quantitative estimate of drug-likeness (QED) is 0.819. The Labute approximate surface area is 90.8 Å². The van der Waals surface area contributed by atoms with Crippen LogP contribution >= 0.6 is 0 Å². The molecule has 3 heteroatoms. The van der Waals surface area contributed by atoms with E-state index in [2.05, 4.69) is 16.9 Å². The van der Waals surface area contributed by atoms with Gasteiger partial charge in [0.25, 0.3) is 0 Å². The van der Waals surface area contributed by atoms with Crippen LogP contribution in [-0.2, 0) is 0 Å². The van der Waals surface area contributed by atoms with E-state index in [0.717, 1.165) is 11.4 Å². The predicted molar refractivity (Wildman–Crippen MR) is 60.9 cm³/mol. The van der Waals surface area contributed by atoms with E-state index in [0.29, 0.717) is 12.5 Å². The van der Waals surface area contributed by atoms with Crippen LogP contribution in [0.2, 0.25) is 0 Å². The molecule has 0 unspecified atom stereocenters. The molecular weight excluding hydrogens is 188 g/mol. The third-order valence-electron chi connectivity index (χ3n) is 3.00. The molecule has 1 aliphatic rings. The van der Waals surface area contributed by atoms with Gasteiger partial charge in [-0.1, -0.05) is 6.92 Å². The Balaban J connectivity index is 2.09. The van der Waals surface area contributed by atoms with Gasteiger partial charge >= 0.3 is 0 Å². The van der Waals surface area contributed by atoms with E-state index >= 15 is 0 Å². The van der Waals surface area contributed by atoms with Gasteiger partial charge in [-0.25, -0.2) is 0 Å². The van der Waals surface area contributed by atoms with Gasteiger partial charge in [0.2, 0.25) is 0 Å². The molecule has 1 aromatic rings. The molecule has 2 rings (SSSR count). The van der Waals surface area contributed by atoms with Crippen LogP contribution in [-0.4, -0.2) is 23.2 Å². The van der Waals surface area contributed by atoms with Crippen LogP contribution in [0, 0.1) is 0 Å². The Morgan fingerprint density at radius 1 is 1.53 bits per heavy atom. The summed E-state index contributed by atoms with van der Waals surface area (Å²) in [6, 6.07) is 4.66. The summed E-state index contributed by atoms with van der Waals surface area (Å²) in [4.78, 5) is 6.55. The van der Waals surface area contributed by atoms with Gasteiger partial charge in [-0.2, -0.15) is 0 Å². The lowest BCUT2D eigenvalue weighted by molar-refractivity contribution is 0.169. The van der Waals surface area contributed by atoms with Crippen molar-refractivity contribution in [2.45, 2.75) is 38.3 Å². The third kappa shape index (κ3) is 2.29. The first kappa shape index (κ1) is 10.4. The number of anilines is 1. The highest BCUT2D eigenvalue weighted by Gasteiger charge is 2.26. The maximum absolute atomic E-state index is 9.60. The van der Waals surface area contributed by atoms with Crippen LogP contribution in [0.1, 0.15) is 38.0 Å². The summed E-state index contributed by atoms with van der Waals surface area (Å²) in [5.74, 6) is 0. The van der Waals surface area contributed by atoms with Crippen molar-refractivity contribution in [3.8, 4) is 0 Å². The topological polar surface area (TPSA) is 36.4 Å². The van der Waals surface area contributed by atoms with Crippen molar-refractivity contribution in [1.82, 2.24) is 4.98 Å². The van der Waals surface area contributed by atoms with E-state index in [-0.39, 0.29) is 0 Å². The van der Waals surface area contributed by atoms with Crippen LogP contribution in [0.3, 0.4) is 0 Å². The summed E-state index contributed by atoms with van der Waals surface area (Å²) in [6.45, 7) is 1.95. The molecule has 1 saturated carbocycles. The van der Waals surface area contributed by atoms with Crippen molar-refractivity contribution in [3.63, 3.8) is 0 Å². The molecule has 1 aliphatic carbocycles. The van der Waals surface area contributed by atoms with Crippen molar-refractivity contribution in [2.24, 2.45) is 0 Å². The molecule has 0 saturated heterocycles. The van der Waals surface area contributed by atoms with Crippen LogP contribution in [0.15, 0.2) is 18.3 Å². The predicted octanol–water partition coefficient (Wildman–Crippen LogP) is 2.12. The van der Waals surface area contributed by atoms with Crippen LogP contribution in [0.25, 0.3) is 0 Å². The minimum Gasteiger partial charge on any atom is -0.387 e. The van der Waals surface area contributed by atoms with Crippen molar-refractivity contribution >= 4 is 5.69 Å². The largest absolute Gasteiger partial charge is 0.387 e. The Kier molecular flexibility index (Phi) is 2.91. The smallest absolute Gasteiger partial charge is 0.0957 e. The van der Waals surface area contributed by atoms with Crippen LogP contribution in [0.5, 0.6) is 0 Å². The number of hydrogen-bond donors (Lipinski definition) is 1. The van der Waals surface area contributed by atoms with Gasteiger partial charge in [0, 0.05) is 13.1 Å². The number of hydrogen-bond acceptors (Lipinski definition) is 3. The fourth-order valence-corrected chi connectivity index (χ4v) is 1.69. The lowest BCUT2D eigenvalue weighted by Gasteiger charge is -2.18. The molecule has 0 aromatic carbocycles. The average Bonchev–Trinajstić information content (AvgIpc) is 3.11. The molecule has 1 N–H and O–H groups in total. The molecule has 0 spiro atoms. The number of pyridine rings is 1. The molecule has 1 fully saturated rings. The Hall–Kier alpha value is -1.09. The Morgan fingerprint density at radius 3 is 2.73 bits per heavy atom. The van der Waals surface area contributed by atoms with Crippen molar-refractivity contribution in [3.05, 3.63) is 24.0 Å². The first-order chi connectivity index (χ1) is 7.22. The third-order valence-corrected chi connectivity index (χ3v) is 3.00. The second-order valence-corrected chi connectivity index (χ2v) is 4.21. The SMILES string of the molecule is CC[C@@H](O)c1ccc(N(C)C2CC2)cn1. The van der Waals surface area contributed by atoms with E-state index in [9.17, 15) is 5.11 Å².